The van der Waals surface area contributed by atoms with E-state index in [4.69, 9.17) is 14.2 Å². The smallest absolute Gasteiger partial charge is 0.422 e. The standard InChI is InChI=1S/C18H24N4O6/c1-15(2,3)28-14(25)20-22-18(13(24)27-5)17-9-7-6-8-16(17,10-17)11(19-21-18)12(23)26-4/h6-9,21-22H,10H2,1-5H3,(H,20,25). The molecule has 3 aliphatic rings. The van der Waals surface area contributed by atoms with Gasteiger partial charge in [-0.15, -0.1) is 0 Å². The normalized spacial score (nSPS) is 32.1. The molecule has 0 radical (unpaired) electrons. The number of methoxy groups -OCH3 is 2. The molecule has 0 aromatic carbocycles. The van der Waals surface area contributed by atoms with E-state index in [1.165, 1.54) is 14.2 Å². The molecular formula is C18H24N4O6. The predicted molar refractivity (Wildman–Crippen MR) is 97.6 cm³/mol. The van der Waals surface area contributed by atoms with Gasteiger partial charge in [-0.1, -0.05) is 24.3 Å². The summed E-state index contributed by atoms with van der Waals surface area (Å²) in [4.78, 5) is 37.2. The van der Waals surface area contributed by atoms with Gasteiger partial charge >= 0.3 is 18.0 Å². The molecule has 28 heavy (non-hydrogen) atoms. The zero-order valence-corrected chi connectivity index (χ0v) is 16.4. The summed E-state index contributed by atoms with van der Waals surface area (Å²) in [5.41, 5.74) is 3.74. The second-order valence-electron chi connectivity index (χ2n) is 7.89. The lowest BCUT2D eigenvalue weighted by molar-refractivity contribution is -0.155. The van der Waals surface area contributed by atoms with Crippen LogP contribution in [-0.4, -0.2) is 49.2 Å². The van der Waals surface area contributed by atoms with E-state index in [-0.39, 0.29) is 5.71 Å². The van der Waals surface area contributed by atoms with Gasteiger partial charge in [0, 0.05) is 0 Å². The molecule has 0 bridgehead atoms. The number of rotatable bonds is 4. The Kier molecular flexibility index (Phi) is 4.49. The Morgan fingerprint density at radius 3 is 2.43 bits per heavy atom. The van der Waals surface area contributed by atoms with Crippen LogP contribution in [-0.2, 0) is 23.8 Å². The Morgan fingerprint density at radius 2 is 1.82 bits per heavy atom. The molecule has 3 unspecified atom stereocenters. The van der Waals surface area contributed by atoms with E-state index < -0.39 is 40.1 Å². The second-order valence-corrected chi connectivity index (χ2v) is 7.89. The number of nitrogens with zero attached hydrogens (tertiary/aromatic N) is 1. The fourth-order valence-electron chi connectivity index (χ4n) is 3.90. The van der Waals surface area contributed by atoms with Crippen molar-refractivity contribution in [1.82, 2.24) is 16.3 Å². The van der Waals surface area contributed by atoms with Crippen molar-refractivity contribution in [1.29, 1.82) is 0 Å². The van der Waals surface area contributed by atoms with Crippen LogP contribution < -0.4 is 16.3 Å². The van der Waals surface area contributed by atoms with Gasteiger partial charge in [-0.05, 0) is 27.2 Å². The lowest BCUT2D eigenvalue weighted by Gasteiger charge is -2.43. The van der Waals surface area contributed by atoms with Crippen molar-refractivity contribution in [3.63, 3.8) is 0 Å². The molecule has 10 nitrogen and oxygen atoms in total. The quantitative estimate of drug-likeness (QED) is 0.359. The Hall–Kier alpha value is -2.88. The van der Waals surface area contributed by atoms with Crippen LogP contribution in [0.2, 0.25) is 0 Å². The summed E-state index contributed by atoms with van der Waals surface area (Å²) in [5.74, 6) is -1.31. The summed E-state index contributed by atoms with van der Waals surface area (Å²) in [6, 6.07) is 0. The van der Waals surface area contributed by atoms with Gasteiger partial charge in [-0.3, -0.25) is 10.9 Å². The highest BCUT2D eigenvalue weighted by Crippen LogP contribution is 2.73. The maximum atomic E-state index is 12.8. The van der Waals surface area contributed by atoms with E-state index in [0.717, 1.165) is 0 Å². The SMILES string of the molecule is COC(=O)C1=NNC(NNC(=O)OC(C)(C)C)(C(=O)OC)C23C=CC=CC12C3. The Balaban J connectivity index is 1.98. The van der Waals surface area contributed by atoms with Crippen LogP contribution in [0.1, 0.15) is 27.2 Å². The first-order valence-electron chi connectivity index (χ1n) is 8.73. The average molecular weight is 392 g/mol. The molecule has 2 aliphatic carbocycles. The third kappa shape index (κ3) is 2.67. The van der Waals surface area contributed by atoms with E-state index in [1.807, 2.05) is 0 Å². The third-order valence-corrected chi connectivity index (χ3v) is 5.15. The fourth-order valence-corrected chi connectivity index (χ4v) is 3.90. The molecule has 10 heteroatoms. The maximum Gasteiger partial charge on any atom is 0.422 e. The van der Waals surface area contributed by atoms with Crippen LogP contribution in [0.15, 0.2) is 29.4 Å². The summed E-state index contributed by atoms with van der Waals surface area (Å²) in [6.45, 7) is 5.15. The Morgan fingerprint density at radius 1 is 1.14 bits per heavy atom. The van der Waals surface area contributed by atoms with E-state index >= 15 is 0 Å². The minimum Gasteiger partial charge on any atom is -0.466 e. The van der Waals surface area contributed by atoms with Crippen LogP contribution >= 0.6 is 0 Å². The lowest BCUT2D eigenvalue weighted by atomic mass is 9.75. The van der Waals surface area contributed by atoms with Gasteiger partial charge < -0.3 is 14.2 Å². The van der Waals surface area contributed by atoms with Crippen LogP contribution in [0.5, 0.6) is 0 Å². The molecular weight excluding hydrogens is 368 g/mol. The first-order chi connectivity index (χ1) is 13.1. The second kappa shape index (κ2) is 6.33. The Labute approximate surface area is 162 Å². The topological polar surface area (TPSA) is 127 Å². The number of hydrazine groups is 1. The lowest BCUT2D eigenvalue weighted by Crippen LogP contribution is -2.74. The van der Waals surface area contributed by atoms with E-state index in [1.54, 1.807) is 45.1 Å². The fraction of sp³-hybridized carbons (Fsp3) is 0.556. The third-order valence-electron chi connectivity index (χ3n) is 5.15. The van der Waals surface area contributed by atoms with E-state index in [0.29, 0.717) is 6.42 Å². The molecule has 1 fully saturated rings. The molecule has 3 rings (SSSR count). The van der Waals surface area contributed by atoms with Gasteiger partial charge in [0.15, 0.2) is 5.71 Å². The van der Waals surface area contributed by atoms with Crippen molar-refractivity contribution >= 4 is 23.7 Å². The van der Waals surface area contributed by atoms with Gasteiger partial charge in [0.1, 0.15) is 5.60 Å². The number of esters is 2. The highest BCUT2D eigenvalue weighted by Gasteiger charge is 2.82. The molecule has 3 atom stereocenters. The summed E-state index contributed by atoms with van der Waals surface area (Å²) in [7, 11) is 2.49. The van der Waals surface area contributed by atoms with Crippen LogP contribution in [0, 0.1) is 10.8 Å². The minimum atomic E-state index is -1.66. The molecule has 1 heterocycles. The largest absolute Gasteiger partial charge is 0.466 e. The molecule has 152 valence electrons. The van der Waals surface area contributed by atoms with Crippen LogP contribution in [0.4, 0.5) is 4.79 Å². The number of allylic oxidation sites excluding steroid dienone is 3. The van der Waals surface area contributed by atoms with Crippen molar-refractivity contribution in [3.05, 3.63) is 24.3 Å². The van der Waals surface area contributed by atoms with Crippen molar-refractivity contribution in [3.8, 4) is 0 Å². The molecule has 0 aromatic rings. The van der Waals surface area contributed by atoms with Crippen molar-refractivity contribution in [2.45, 2.75) is 38.5 Å². The number of amides is 1. The van der Waals surface area contributed by atoms with Gasteiger partial charge in [0.2, 0.25) is 5.66 Å². The van der Waals surface area contributed by atoms with Gasteiger partial charge in [0.25, 0.3) is 0 Å². The first kappa shape index (κ1) is 19.9. The molecule has 1 aliphatic heterocycles. The highest BCUT2D eigenvalue weighted by atomic mass is 16.6. The summed E-state index contributed by atoms with van der Waals surface area (Å²) < 4.78 is 15.0. The van der Waals surface area contributed by atoms with Crippen molar-refractivity contribution in [2.75, 3.05) is 14.2 Å². The predicted octanol–water partition coefficient (Wildman–Crippen LogP) is 0.520. The number of ether oxygens (including phenoxy) is 3. The highest BCUT2D eigenvalue weighted by molar-refractivity contribution is 6.40. The molecule has 0 aromatic heterocycles. The molecule has 3 N–H and O–H groups in total. The molecule has 1 amide bonds. The number of hydrogen-bond acceptors (Lipinski definition) is 9. The molecule has 0 saturated heterocycles. The number of nitrogens with one attached hydrogen (secondary N) is 3. The number of hydrazone groups is 1. The zero-order valence-electron chi connectivity index (χ0n) is 16.4. The van der Waals surface area contributed by atoms with Crippen LogP contribution in [0.25, 0.3) is 0 Å². The zero-order chi connectivity index (χ0) is 20.8. The summed E-state index contributed by atoms with van der Waals surface area (Å²) in [6.07, 6.45) is 6.73. The molecule has 1 saturated carbocycles. The first-order valence-corrected chi connectivity index (χ1v) is 8.73. The van der Waals surface area contributed by atoms with Crippen molar-refractivity contribution < 1.29 is 28.6 Å². The van der Waals surface area contributed by atoms with E-state index in [9.17, 15) is 14.4 Å². The van der Waals surface area contributed by atoms with Gasteiger partial charge in [0.05, 0.1) is 25.0 Å². The van der Waals surface area contributed by atoms with Crippen molar-refractivity contribution in [2.24, 2.45) is 15.9 Å². The average Bonchev–Trinajstić information content (AvgIpc) is 3.35. The van der Waals surface area contributed by atoms with Crippen LogP contribution in [0.3, 0.4) is 0 Å². The maximum absolute atomic E-state index is 12.8. The van der Waals surface area contributed by atoms with E-state index in [2.05, 4.69) is 21.4 Å². The van der Waals surface area contributed by atoms with Gasteiger partial charge in [-0.25, -0.2) is 14.4 Å². The van der Waals surface area contributed by atoms with Gasteiger partial charge in [-0.2, -0.15) is 10.5 Å². The Bertz CT molecular complexity index is 813. The number of carbonyl (C=O) groups is 3. The molecule has 0 spiro atoms. The minimum absolute atomic E-state index is 0.147. The summed E-state index contributed by atoms with van der Waals surface area (Å²) in [5, 5.41) is 4.12. The number of hydrogen-bond donors (Lipinski definition) is 3. The number of carbonyl (C=O) groups excluding carboxylic acids is 3. The summed E-state index contributed by atoms with van der Waals surface area (Å²) >= 11 is 0. The monoisotopic (exact) mass is 392 g/mol.